The predicted octanol–water partition coefficient (Wildman–Crippen LogP) is 4.14. The van der Waals surface area contributed by atoms with Crippen molar-refractivity contribution in [1.29, 1.82) is 0 Å². The first kappa shape index (κ1) is 14.3. The van der Waals surface area contributed by atoms with Crippen LogP contribution in [-0.2, 0) is 5.67 Å². The summed E-state index contributed by atoms with van der Waals surface area (Å²) < 4.78 is 23.4. The summed E-state index contributed by atoms with van der Waals surface area (Å²) in [5, 5.41) is 6.36. The number of halogens is 2. The van der Waals surface area contributed by atoms with E-state index in [1.54, 1.807) is 24.3 Å². The third kappa shape index (κ3) is 3.71. The lowest BCUT2D eigenvalue weighted by Gasteiger charge is -2.07. The van der Waals surface area contributed by atoms with Gasteiger partial charge < -0.3 is 9.26 Å². The minimum atomic E-state index is -1.65. The summed E-state index contributed by atoms with van der Waals surface area (Å²) in [6.45, 7) is 2.67. The van der Waals surface area contributed by atoms with E-state index >= 15 is 0 Å². The Morgan fingerprint density at radius 3 is 2.60 bits per heavy atom. The molecular formula is C13H12ClFN2O3. The number of benzene rings is 1. The van der Waals surface area contributed by atoms with Gasteiger partial charge in [0.1, 0.15) is 11.4 Å². The molecule has 1 heterocycles. The Bertz CT molecular complexity index is 605. The van der Waals surface area contributed by atoms with Crippen LogP contribution in [0.25, 0.3) is 0 Å². The van der Waals surface area contributed by atoms with Gasteiger partial charge in [0.2, 0.25) is 5.88 Å². The number of nitrogens with one attached hydrogen (secondary N) is 1. The first-order valence-electron chi connectivity index (χ1n) is 5.75. The lowest BCUT2D eigenvalue weighted by Crippen LogP contribution is -2.16. The van der Waals surface area contributed by atoms with Gasteiger partial charge >= 0.3 is 6.09 Å². The van der Waals surface area contributed by atoms with Crippen LogP contribution in [0.5, 0.6) is 5.75 Å². The number of carbonyl (C=O) groups is 1. The fourth-order valence-electron chi connectivity index (χ4n) is 1.35. The van der Waals surface area contributed by atoms with Crippen molar-refractivity contribution >= 4 is 23.6 Å². The topological polar surface area (TPSA) is 64.4 Å². The zero-order chi connectivity index (χ0) is 14.8. The molecule has 0 aliphatic carbocycles. The van der Waals surface area contributed by atoms with E-state index in [-0.39, 0.29) is 11.6 Å². The van der Waals surface area contributed by atoms with Crippen molar-refractivity contribution in [2.45, 2.75) is 19.5 Å². The summed E-state index contributed by atoms with van der Waals surface area (Å²) >= 11 is 5.71. The van der Waals surface area contributed by atoms with Crippen molar-refractivity contribution in [3.05, 3.63) is 41.0 Å². The van der Waals surface area contributed by atoms with E-state index in [1.807, 2.05) is 0 Å². The SMILES string of the molecule is CC(C)(F)c1cc(NC(=O)Oc2ccc(Cl)cc2)on1. The van der Waals surface area contributed by atoms with Gasteiger partial charge in [0.25, 0.3) is 0 Å². The second kappa shape index (κ2) is 5.50. The molecule has 5 nitrogen and oxygen atoms in total. The number of aromatic nitrogens is 1. The Morgan fingerprint density at radius 2 is 2.05 bits per heavy atom. The minimum Gasteiger partial charge on any atom is -0.410 e. The molecule has 1 amide bonds. The average molecular weight is 299 g/mol. The molecule has 0 saturated carbocycles. The summed E-state index contributed by atoms with van der Waals surface area (Å²) in [6, 6.07) is 7.55. The maximum Gasteiger partial charge on any atom is 0.419 e. The minimum absolute atomic E-state index is 0.00434. The molecule has 1 aromatic heterocycles. The van der Waals surface area contributed by atoms with Gasteiger partial charge in [0.15, 0.2) is 5.67 Å². The molecule has 0 aliphatic heterocycles. The number of anilines is 1. The maximum atomic E-state index is 13.6. The van der Waals surface area contributed by atoms with Crippen molar-refractivity contribution in [2.24, 2.45) is 0 Å². The van der Waals surface area contributed by atoms with Crippen LogP contribution >= 0.6 is 11.6 Å². The van der Waals surface area contributed by atoms with Crippen LogP contribution < -0.4 is 10.1 Å². The fourth-order valence-corrected chi connectivity index (χ4v) is 1.48. The molecular weight excluding hydrogens is 287 g/mol. The van der Waals surface area contributed by atoms with Crippen LogP contribution in [-0.4, -0.2) is 11.2 Å². The molecule has 0 spiro atoms. The molecule has 0 atom stereocenters. The highest BCUT2D eigenvalue weighted by Crippen LogP contribution is 2.25. The highest BCUT2D eigenvalue weighted by atomic mass is 35.5. The lowest BCUT2D eigenvalue weighted by molar-refractivity contribution is 0.204. The second-order valence-corrected chi connectivity index (χ2v) is 4.95. The van der Waals surface area contributed by atoms with Gasteiger partial charge in [-0.05, 0) is 38.1 Å². The summed E-state index contributed by atoms with van der Waals surface area (Å²) in [7, 11) is 0. The number of amides is 1. The van der Waals surface area contributed by atoms with Crippen molar-refractivity contribution in [3.8, 4) is 5.75 Å². The molecule has 0 radical (unpaired) electrons. The van der Waals surface area contributed by atoms with Crippen LogP contribution in [0.4, 0.5) is 15.1 Å². The fraction of sp³-hybridized carbons (Fsp3) is 0.231. The van der Waals surface area contributed by atoms with Crippen LogP contribution in [0, 0.1) is 0 Å². The van der Waals surface area contributed by atoms with Crippen LogP contribution in [0.2, 0.25) is 5.02 Å². The third-order valence-corrected chi connectivity index (χ3v) is 2.62. The molecule has 7 heteroatoms. The Hall–Kier alpha value is -2.08. The molecule has 0 fully saturated rings. The lowest BCUT2D eigenvalue weighted by atomic mass is 10.1. The van der Waals surface area contributed by atoms with Crippen LogP contribution in [0.1, 0.15) is 19.5 Å². The summed E-state index contributed by atoms with van der Waals surface area (Å²) in [5.74, 6) is 0.321. The largest absolute Gasteiger partial charge is 0.419 e. The van der Waals surface area contributed by atoms with E-state index in [4.69, 9.17) is 20.9 Å². The molecule has 2 aromatic rings. The monoisotopic (exact) mass is 298 g/mol. The summed E-state index contributed by atoms with van der Waals surface area (Å²) in [5.41, 5.74) is -1.57. The number of hydrogen-bond donors (Lipinski definition) is 1. The molecule has 2 rings (SSSR count). The van der Waals surface area contributed by atoms with Crippen molar-refractivity contribution in [2.75, 3.05) is 5.32 Å². The number of nitrogens with zero attached hydrogens (tertiary/aromatic N) is 1. The van der Waals surface area contributed by atoms with Gasteiger partial charge in [0, 0.05) is 11.1 Å². The molecule has 1 N–H and O–H groups in total. The highest BCUT2D eigenvalue weighted by molar-refractivity contribution is 6.30. The Labute approximate surface area is 119 Å². The molecule has 1 aromatic carbocycles. The van der Waals surface area contributed by atoms with Gasteiger partial charge in [-0.25, -0.2) is 9.18 Å². The van der Waals surface area contributed by atoms with E-state index in [2.05, 4.69) is 10.5 Å². The standard InChI is InChI=1S/C13H12ClFN2O3/c1-13(2,15)10-7-11(20-17-10)16-12(18)19-9-5-3-8(14)4-6-9/h3-7H,1-2H3,(H,16,18). The van der Waals surface area contributed by atoms with E-state index in [9.17, 15) is 9.18 Å². The van der Waals surface area contributed by atoms with Gasteiger partial charge in [-0.1, -0.05) is 16.8 Å². The van der Waals surface area contributed by atoms with E-state index in [0.717, 1.165) is 0 Å². The van der Waals surface area contributed by atoms with E-state index in [1.165, 1.54) is 19.9 Å². The molecule has 20 heavy (non-hydrogen) atoms. The van der Waals surface area contributed by atoms with Crippen LogP contribution in [0.3, 0.4) is 0 Å². The van der Waals surface area contributed by atoms with Gasteiger partial charge in [-0.15, -0.1) is 0 Å². The van der Waals surface area contributed by atoms with Crippen molar-refractivity contribution in [1.82, 2.24) is 5.16 Å². The Kier molecular flexibility index (Phi) is 3.94. The zero-order valence-corrected chi connectivity index (χ0v) is 11.6. The third-order valence-electron chi connectivity index (χ3n) is 2.37. The van der Waals surface area contributed by atoms with E-state index in [0.29, 0.717) is 10.8 Å². The second-order valence-electron chi connectivity index (χ2n) is 4.52. The highest BCUT2D eigenvalue weighted by Gasteiger charge is 2.24. The summed E-state index contributed by atoms with van der Waals surface area (Å²) in [6.07, 6.45) is -0.772. The molecule has 106 valence electrons. The normalized spacial score (nSPS) is 11.2. The number of ether oxygens (including phenoxy) is 1. The molecule has 0 bridgehead atoms. The first-order chi connectivity index (χ1) is 9.34. The smallest absolute Gasteiger partial charge is 0.410 e. The van der Waals surface area contributed by atoms with Crippen LogP contribution in [0.15, 0.2) is 34.9 Å². The van der Waals surface area contributed by atoms with Crippen molar-refractivity contribution < 1.29 is 18.4 Å². The Balaban J connectivity index is 1.98. The van der Waals surface area contributed by atoms with Gasteiger partial charge in [-0.2, -0.15) is 0 Å². The summed E-state index contributed by atoms with van der Waals surface area (Å²) in [4.78, 5) is 11.6. The number of rotatable bonds is 3. The maximum absolute atomic E-state index is 13.6. The van der Waals surface area contributed by atoms with Gasteiger partial charge in [-0.3, -0.25) is 5.32 Å². The quantitative estimate of drug-likeness (QED) is 0.924. The molecule has 0 unspecified atom stereocenters. The average Bonchev–Trinajstić information content (AvgIpc) is 2.80. The van der Waals surface area contributed by atoms with E-state index < -0.39 is 11.8 Å². The Morgan fingerprint density at radius 1 is 1.40 bits per heavy atom. The number of carbonyl (C=O) groups excluding carboxylic acids is 1. The number of hydrogen-bond acceptors (Lipinski definition) is 4. The predicted molar refractivity (Wildman–Crippen MR) is 71.7 cm³/mol. The first-order valence-corrected chi connectivity index (χ1v) is 6.13. The molecule has 0 aliphatic rings. The number of alkyl halides is 1. The molecule has 0 saturated heterocycles. The zero-order valence-electron chi connectivity index (χ0n) is 10.8. The van der Waals surface area contributed by atoms with Gasteiger partial charge in [0.05, 0.1) is 0 Å². The van der Waals surface area contributed by atoms with Crippen molar-refractivity contribution in [3.63, 3.8) is 0 Å².